The summed E-state index contributed by atoms with van der Waals surface area (Å²) in [5.41, 5.74) is 3.31. The van der Waals surface area contributed by atoms with Crippen molar-refractivity contribution < 1.29 is 9.53 Å². The van der Waals surface area contributed by atoms with E-state index >= 15 is 0 Å². The molecule has 0 unspecified atom stereocenters. The fourth-order valence-electron chi connectivity index (χ4n) is 3.73. The van der Waals surface area contributed by atoms with Gasteiger partial charge in [0.15, 0.2) is 0 Å². The van der Waals surface area contributed by atoms with Crippen molar-refractivity contribution in [3.63, 3.8) is 0 Å². The number of benzene rings is 1. The van der Waals surface area contributed by atoms with E-state index in [0.29, 0.717) is 13.0 Å². The number of tetrazole rings is 1. The van der Waals surface area contributed by atoms with E-state index in [2.05, 4.69) is 44.8 Å². The second-order valence-corrected chi connectivity index (χ2v) is 7.18. The number of aryl methyl sites for hydroxylation is 1. The minimum absolute atomic E-state index is 0.0476. The van der Waals surface area contributed by atoms with Crippen LogP contribution in [-0.2, 0) is 17.8 Å². The summed E-state index contributed by atoms with van der Waals surface area (Å²) in [6, 6.07) is 12.3. The molecule has 0 spiro atoms. The third-order valence-corrected chi connectivity index (χ3v) is 5.28. The summed E-state index contributed by atoms with van der Waals surface area (Å²) in [6.45, 7) is 1.26. The van der Waals surface area contributed by atoms with E-state index in [0.717, 1.165) is 42.8 Å². The molecule has 29 heavy (non-hydrogen) atoms. The van der Waals surface area contributed by atoms with Crippen molar-refractivity contribution in [2.75, 3.05) is 13.7 Å². The zero-order chi connectivity index (χ0) is 20.1. The summed E-state index contributed by atoms with van der Waals surface area (Å²) in [5.74, 6) is 0.973. The molecular formula is C21H24N6O2. The number of amides is 1. The molecule has 150 valence electrons. The molecule has 4 rings (SSSR count). The van der Waals surface area contributed by atoms with Crippen LogP contribution in [0.2, 0.25) is 0 Å². The van der Waals surface area contributed by atoms with Gasteiger partial charge in [-0.2, -0.15) is 0 Å². The largest absolute Gasteiger partial charge is 0.497 e. The standard InChI is InChI=1S/C21H24N6O2/c1-29-18-7-4-16(5-8-18)13-17-6-9-19(22-14-17)20-3-2-11-27(20)21(28)10-12-26-15-23-24-25-26/h4-9,14-15,20H,2-3,10-13H2,1H3/t20-/m1/s1. The average molecular weight is 392 g/mol. The van der Waals surface area contributed by atoms with Crippen LogP contribution >= 0.6 is 0 Å². The van der Waals surface area contributed by atoms with E-state index in [-0.39, 0.29) is 11.9 Å². The van der Waals surface area contributed by atoms with Crippen LogP contribution in [0.1, 0.15) is 42.1 Å². The van der Waals surface area contributed by atoms with Gasteiger partial charge < -0.3 is 9.64 Å². The van der Waals surface area contributed by atoms with Crippen LogP contribution in [-0.4, -0.2) is 49.7 Å². The lowest BCUT2D eigenvalue weighted by Crippen LogP contribution is -2.31. The first-order valence-corrected chi connectivity index (χ1v) is 9.81. The SMILES string of the molecule is COc1ccc(Cc2ccc([C@H]3CCCN3C(=O)CCn3cnnn3)nc2)cc1. The quantitative estimate of drug-likeness (QED) is 0.614. The summed E-state index contributed by atoms with van der Waals surface area (Å²) in [5, 5.41) is 11.0. The summed E-state index contributed by atoms with van der Waals surface area (Å²) >= 11 is 0. The number of hydrogen-bond acceptors (Lipinski definition) is 6. The minimum atomic E-state index is 0.0476. The predicted molar refractivity (Wildman–Crippen MR) is 106 cm³/mol. The molecule has 2 aromatic heterocycles. The third kappa shape index (κ3) is 4.59. The number of carbonyl (C=O) groups excluding carboxylic acids is 1. The van der Waals surface area contributed by atoms with Gasteiger partial charge in [-0.25, -0.2) is 4.68 Å². The Hall–Kier alpha value is -3.29. The molecule has 0 aliphatic carbocycles. The summed E-state index contributed by atoms with van der Waals surface area (Å²) in [4.78, 5) is 19.3. The van der Waals surface area contributed by atoms with Gasteiger partial charge in [-0.3, -0.25) is 9.78 Å². The normalized spacial score (nSPS) is 16.2. The lowest BCUT2D eigenvalue weighted by molar-refractivity contribution is -0.132. The van der Waals surface area contributed by atoms with Gasteiger partial charge in [-0.15, -0.1) is 5.10 Å². The van der Waals surface area contributed by atoms with Crippen molar-refractivity contribution in [1.29, 1.82) is 0 Å². The van der Waals surface area contributed by atoms with E-state index in [1.54, 1.807) is 11.8 Å². The number of carbonyl (C=O) groups is 1. The Morgan fingerprint density at radius 3 is 2.69 bits per heavy atom. The second-order valence-electron chi connectivity index (χ2n) is 7.18. The Bertz CT molecular complexity index is 925. The monoisotopic (exact) mass is 392 g/mol. The van der Waals surface area contributed by atoms with E-state index in [4.69, 9.17) is 4.74 Å². The van der Waals surface area contributed by atoms with Gasteiger partial charge in [0.05, 0.1) is 25.4 Å². The molecule has 1 aliphatic heterocycles. The number of methoxy groups -OCH3 is 1. The van der Waals surface area contributed by atoms with Crippen LogP contribution in [0.5, 0.6) is 5.75 Å². The van der Waals surface area contributed by atoms with E-state index in [1.165, 1.54) is 11.9 Å². The number of nitrogens with zero attached hydrogens (tertiary/aromatic N) is 6. The van der Waals surface area contributed by atoms with Crippen LogP contribution < -0.4 is 4.74 Å². The van der Waals surface area contributed by atoms with Gasteiger partial charge in [0, 0.05) is 19.2 Å². The van der Waals surface area contributed by atoms with E-state index < -0.39 is 0 Å². The van der Waals surface area contributed by atoms with Gasteiger partial charge in [0.1, 0.15) is 12.1 Å². The first-order chi connectivity index (χ1) is 14.2. The van der Waals surface area contributed by atoms with Crippen LogP contribution in [0, 0.1) is 0 Å². The Kier molecular flexibility index (Phi) is 5.79. The highest BCUT2D eigenvalue weighted by atomic mass is 16.5. The Morgan fingerprint density at radius 2 is 2.00 bits per heavy atom. The summed E-state index contributed by atoms with van der Waals surface area (Å²) in [6.07, 6.45) is 6.59. The Balaban J connectivity index is 1.38. The van der Waals surface area contributed by atoms with Crippen molar-refractivity contribution >= 4 is 5.91 Å². The van der Waals surface area contributed by atoms with Crippen molar-refractivity contribution in [1.82, 2.24) is 30.1 Å². The molecule has 1 aromatic carbocycles. The second kappa shape index (κ2) is 8.81. The highest BCUT2D eigenvalue weighted by Crippen LogP contribution is 2.31. The predicted octanol–water partition coefficient (Wildman–Crippen LogP) is 2.42. The molecular weight excluding hydrogens is 368 g/mol. The smallest absolute Gasteiger partial charge is 0.225 e. The van der Waals surface area contributed by atoms with Crippen molar-refractivity contribution in [3.8, 4) is 5.75 Å². The number of aromatic nitrogens is 5. The van der Waals surface area contributed by atoms with Crippen LogP contribution in [0.4, 0.5) is 0 Å². The zero-order valence-corrected chi connectivity index (χ0v) is 16.4. The van der Waals surface area contributed by atoms with Gasteiger partial charge in [-0.1, -0.05) is 18.2 Å². The molecule has 8 heteroatoms. The fourth-order valence-corrected chi connectivity index (χ4v) is 3.73. The molecule has 1 aliphatic rings. The number of likely N-dealkylation sites (tertiary alicyclic amines) is 1. The molecule has 1 fully saturated rings. The maximum Gasteiger partial charge on any atom is 0.225 e. The molecule has 3 heterocycles. The average Bonchev–Trinajstić information content (AvgIpc) is 3.45. The van der Waals surface area contributed by atoms with Crippen molar-refractivity contribution in [2.24, 2.45) is 0 Å². The van der Waals surface area contributed by atoms with E-state index in [9.17, 15) is 4.79 Å². The topological polar surface area (TPSA) is 86.0 Å². The molecule has 0 saturated carbocycles. The van der Waals surface area contributed by atoms with Crippen LogP contribution in [0.3, 0.4) is 0 Å². The zero-order valence-electron chi connectivity index (χ0n) is 16.4. The van der Waals surface area contributed by atoms with Gasteiger partial charge in [0.25, 0.3) is 0 Å². The van der Waals surface area contributed by atoms with Gasteiger partial charge in [-0.05, 0) is 59.0 Å². The first-order valence-electron chi connectivity index (χ1n) is 9.81. The molecule has 0 N–H and O–H groups in total. The number of pyridine rings is 1. The first kappa shape index (κ1) is 19.0. The highest BCUT2D eigenvalue weighted by molar-refractivity contribution is 5.76. The number of ether oxygens (including phenoxy) is 1. The maximum atomic E-state index is 12.7. The van der Waals surface area contributed by atoms with Crippen LogP contribution in [0.15, 0.2) is 48.9 Å². The number of hydrogen-bond donors (Lipinski definition) is 0. The summed E-state index contributed by atoms with van der Waals surface area (Å²) in [7, 11) is 1.67. The Labute approximate surface area is 169 Å². The van der Waals surface area contributed by atoms with Gasteiger partial charge >= 0.3 is 0 Å². The maximum absolute atomic E-state index is 12.7. The summed E-state index contributed by atoms with van der Waals surface area (Å²) < 4.78 is 6.78. The molecule has 0 bridgehead atoms. The van der Waals surface area contributed by atoms with Crippen LogP contribution in [0.25, 0.3) is 0 Å². The third-order valence-electron chi connectivity index (χ3n) is 5.28. The van der Waals surface area contributed by atoms with Crippen molar-refractivity contribution in [2.45, 2.75) is 38.3 Å². The number of rotatable bonds is 7. The van der Waals surface area contributed by atoms with E-state index in [1.807, 2.05) is 23.2 Å². The molecule has 3 aromatic rings. The lowest BCUT2D eigenvalue weighted by atomic mass is 10.0. The molecule has 8 nitrogen and oxygen atoms in total. The molecule has 0 radical (unpaired) electrons. The molecule has 1 saturated heterocycles. The lowest BCUT2D eigenvalue weighted by Gasteiger charge is -2.24. The Morgan fingerprint density at radius 1 is 1.17 bits per heavy atom. The molecule has 1 atom stereocenters. The fraction of sp³-hybridized carbons (Fsp3) is 0.381. The van der Waals surface area contributed by atoms with Crippen molar-refractivity contribution in [3.05, 3.63) is 65.7 Å². The molecule has 1 amide bonds. The van der Waals surface area contributed by atoms with Gasteiger partial charge in [0.2, 0.25) is 5.91 Å². The highest BCUT2D eigenvalue weighted by Gasteiger charge is 2.30. The minimum Gasteiger partial charge on any atom is -0.497 e.